The third-order valence-corrected chi connectivity index (χ3v) is 5.33. The Morgan fingerprint density at radius 3 is 2.50 bits per heavy atom. The summed E-state index contributed by atoms with van der Waals surface area (Å²) in [5, 5.41) is 0. The quantitative estimate of drug-likeness (QED) is 0.724. The summed E-state index contributed by atoms with van der Waals surface area (Å²) < 4.78 is 11.1. The molecule has 0 unspecified atom stereocenters. The van der Waals surface area contributed by atoms with E-state index in [0.717, 1.165) is 26.6 Å². The summed E-state index contributed by atoms with van der Waals surface area (Å²) in [5.41, 5.74) is 1.72. The van der Waals surface area contributed by atoms with E-state index in [-0.39, 0.29) is 24.5 Å². The zero-order valence-corrected chi connectivity index (χ0v) is 16.1. The minimum absolute atomic E-state index is 0.0351. The molecule has 2 aromatic rings. The van der Waals surface area contributed by atoms with Crippen LogP contribution in [0.1, 0.15) is 38.5 Å². The molecular formula is C20H23NO4S. The van der Waals surface area contributed by atoms with Gasteiger partial charge in [0, 0.05) is 41.8 Å². The van der Waals surface area contributed by atoms with Crippen molar-refractivity contribution < 1.29 is 19.1 Å². The lowest BCUT2D eigenvalue weighted by atomic mass is 10.1. The fraction of sp³-hybridized carbons (Fsp3) is 0.400. The monoisotopic (exact) mass is 373 g/mol. The lowest BCUT2D eigenvalue weighted by molar-refractivity contribution is -0.130. The normalized spacial score (nSPS) is 12.7. The number of Topliss-reactive ketones (excluding diaryl/α,β-unsaturated/α-hetero) is 1. The average molecular weight is 373 g/mol. The number of benzene rings is 1. The van der Waals surface area contributed by atoms with E-state index < -0.39 is 0 Å². The van der Waals surface area contributed by atoms with Gasteiger partial charge in [0.05, 0.1) is 0 Å². The molecule has 0 atom stereocenters. The first-order chi connectivity index (χ1) is 12.4. The third kappa shape index (κ3) is 4.25. The molecular weight excluding hydrogens is 350 g/mol. The molecule has 2 heterocycles. The van der Waals surface area contributed by atoms with Gasteiger partial charge in [0.1, 0.15) is 13.2 Å². The summed E-state index contributed by atoms with van der Waals surface area (Å²) in [6, 6.07) is 7.61. The van der Waals surface area contributed by atoms with Crippen molar-refractivity contribution in [1.82, 2.24) is 4.90 Å². The van der Waals surface area contributed by atoms with Gasteiger partial charge in [-0.05, 0) is 37.6 Å². The van der Waals surface area contributed by atoms with Gasteiger partial charge in [-0.2, -0.15) is 0 Å². The van der Waals surface area contributed by atoms with Gasteiger partial charge in [-0.1, -0.05) is 6.07 Å². The number of amides is 1. The Kier molecular flexibility index (Phi) is 5.61. The molecule has 5 nitrogen and oxygen atoms in total. The van der Waals surface area contributed by atoms with Gasteiger partial charge in [-0.25, -0.2) is 0 Å². The Morgan fingerprint density at radius 2 is 1.81 bits per heavy atom. The molecule has 0 fully saturated rings. The summed E-state index contributed by atoms with van der Waals surface area (Å²) >= 11 is 1.61. The number of fused-ring (bicyclic) bond motifs is 1. The van der Waals surface area contributed by atoms with Crippen molar-refractivity contribution in [2.75, 3.05) is 20.3 Å². The molecule has 0 N–H and O–H groups in total. The number of ether oxygens (including phenoxy) is 2. The van der Waals surface area contributed by atoms with Crippen molar-refractivity contribution in [2.45, 2.75) is 33.2 Å². The van der Waals surface area contributed by atoms with Crippen LogP contribution in [-0.2, 0) is 11.3 Å². The number of nitrogens with zero attached hydrogens (tertiary/aromatic N) is 1. The van der Waals surface area contributed by atoms with Gasteiger partial charge >= 0.3 is 0 Å². The predicted molar refractivity (Wildman–Crippen MR) is 101 cm³/mol. The molecule has 1 aliphatic rings. The molecule has 0 saturated carbocycles. The minimum atomic E-state index is -0.0437. The van der Waals surface area contributed by atoms with Crippen LogP contribution in [-0.4, -0.2) is 36.9 Å². The van der Waals surface area contributed by atoms with E-state index in [9.17, 15) is 9.59 Å². The molecule has 0 bridgehead atoms. The van der Waals surface area contributed by atoms with Crippen molar-refractivity contribution in [2.24, 2.45) is 0 Å². The van der Waals surface area contributed by atoms with Crippen molar-refractivity contribution in [1.29, 1.82) is 0 Å². The fourth-order valence-corrected chi connectivity index (χ4v) is 3.94. The Bertz CT molecular complexity index is 827. The molecule has 0 saturated heterocycles. The highest BCUT2D eigenvalue weighted by Crippen LogP contribution is 2.31. The van der Waals surface area contributed by atoms with Crippen LogP contribution in [0, 0.1) is 13.8 Å². The van der Waals surface area contributed by atoms with Crippen LogP contribution in [0.4, 0.5) is 0 Å². The van der Waals surface area contributed by atoms with E-state index >= 15 is 0 Å². The fourth-order valence-electron chi connectivity index (χ4n) is 3.00. The molecule has 0 radical (unpaired) electrons. The Labute approximate surface area is 157 Å². The van der Waals surface area contributed by atoms with E-state index in [1.165, 1.54) is 0 Å². The summed E-state index contributed by atoms with van der Waals surface area (Å²) in [7, 11) is 1.75. The highest BCUT2D eigenvalue weighted by atomic mass is 32.1. The van der Waals surface area contributed by atoms with Gasteiger partial charge in [0.2, 0.25) is 5.91 Å². The number of hydrogen-bond acceptors (Lipinski definition) is 5. The lowest BCUT2D eigenvalue weighted by Crippen LogP contribution is -2.26. The van der Waals surface area contributed by atoms with Crippen LogP contribution in [0.3, 0.4) is 0 Å². The third-order valence-electron chi connectivity index (χ3n) is 4.36. The Balaban J connectivity index is 1.54. The second-order valence-corrected chi connectivity index (χ2v) is 7.94. The maximum atomic E-state index is 12.4. The summed E-state index contributed by atoms with van der Waals surface area (Å²) in [6.45, 7) is 5.50. The van der Waals surface area contributed by atoms with Crippen LogP contribution in [0.25, 0.3) is 0 Å². The number of rotatable bonds is 6. The smallest absolute Gasteiger partial charge is 0.223 e. The van der Waals surface area contributed by atoms with Gasteiger partial charge in [0.25, 0.3) is 0 Å². The molecule has 1 aromatic carbocycles. The van der Waals surface area contributed by atoms with Gasteiger partial charge < -0.3 is 14.4 Å². The van der Waals surface area contributed by atoms with E-state index in [1.54, 1.807) is 23.3 Å². The summed E-state index contributed by atoms with van der Waals surface area (Å²) in [6.07, 6.45) is 0.454. The van der Waals surface area contributed by atoms with Gasteiger partial charge in [0.15, 0.2) is 17.3 Å². The van der Waals surface area contributed by atoms with Crippen molar-refractivity contribution in [3.8, 4) is 11.5 Å². The van der Waals surface area contributed by atoms with Crippen LogP contribution >= 0.6 is 11.3 Å². The molecule has 0 spiro atoms. The van der Waals surface area contributed by atoms with Crippen LogP contribution in [0.5, 0.6) is 11.5 Å². The second-order valence-electron chi connectivity index (χ2n) is 6.48. The minimum Gasteiger partial charge on any atom is -0.486 e. The van der Waals surface area contributed by atoms with E-state index in [4.69, 9.17) is 9.47 Å². The lowest BCUT2D eigenvalue weighted by Gasteiger charge is -2.21. The molecule has 0 aliphatic carbocycles. The number of carbonyl (C=O) groups excluding carboxylic acids is 2. The molecule has 6 heteroatoms. The maximum absolute atomic E-state index is 12.4. The van der Waals surface area contributed by atoms with Crippen molar-refractivity contribution >= 4 is 23.0 Å². The van der Waals surface area contributed by atoms with Gasteiger partial charge in [-0.15, -0.1) is 11.3 Å². The summed E-state index contributed by atoms with van der Waals surface area (Å²) in [5.74, 6) is 1.44. The van der Waals surface area contributed by atoms with Crippen molar-refractivity contribution in [3.63, 3.8) is 0 Å². The van der Waals surface area contributed by atoms with Gasteiger partial charge in [-0.3, -0.25) is 9.59 Å². The molecule has 138 valence electrons. The predicted octanol–water partition coefficient (Wildman–Crippen LogP) is 3.76. The number of thiophene rings is 1. The Morgan fingerprint density at radius 1 is 1.08 bits per heavy atom. The van der Waals surface area contributed by atoms with Crippen molar-refractivity contribution in [3.05, 3.63) is 45.1 Å². The molecule has 3 rings (SSSR count). The zero-order valence-electron chi connectivity index (χ0n) is 15.3. The highest BCUT2D eigenvalue weighted by Gasteiger charge is 2.17. The van der Waals surface area contributed by atoms with Crippen LogP contribution in [0.15, 0.2) is 24.3 Å². The van der Waals surface area contributed by atoms with Crippen LogP contribution in [0.2, 0.25) is 0 Å². The molecule has 26 heavy (non-hydrogen) atoms. The molecule has 1 amide bonds. The standard InChI is InChI=1S/C20H23NO4S/c1-13-10-16(14(2)26-13)17(22)5-7-20(23)21(3)12-15-4-6-18-19(11-15)25-9-8-24-18/h4,6,10-11H,5,7-9,12H2,1-3H3. The average Bonchev–Trinajstić information content (AvgIpc) is 2.97. The molecule has 1 aliphatic heterocycles. The number of ketones is 1. The van der Waals surface area contributed by atoms with E-state index in [1.807, 2.05) is 38.1 Å². The Hall–Kier alpha value is -2.34. The first-order valence-electron chi connectivity index (χ1n) is 8.67. The SMILES string of the molecule is Cc1cc(C(=O)CCC(=O)N(C)Cc2ccc3c(c2)OCCO3)c(C)s1. The molecule has 1 aromatic heterocycles. The van der Waals surface area contributed by atoms with Crippen LogP contribution < -0.4 is 9.47 Å². The maximum Gasteiger partial charge on any atom is 0.223 e. The van der Waals surface area contributed by atoms with E-state index in [2.05, 4.69) is 0 Å². The van der Waals surface area contributed by atoms with E-state index in [0.29, 0.717) is 25.5 Å². The number of hydrogen-bond donors (Lipinski definition) is 0. The topological polar surface area (TPSA) is 55.8 Å². The second kappa shape index (κ2) is 7.91. The number of aryl methyl sites for hydroxylation is 2. The summed E-state index contributed by atoms with van der Waals surface area (Å²) in [4.78, 5) is 28.5. The zero-order chi connectivity index (χ0) is 18.7. The number of carbonyl (C=O) groups is 2. The first kappa shape index (κ1) is 18.5. The highest BCUT2D eigenvalue weighted by molar-refractivity contribution is 7.12. The largest absolute Gasteiger partial charge is 0.486 e. The first-order valence-corrected chi connectivity index (χ1v) is 9.48.